The number of nitriles is 1. The molecule has 3 aromatic rings. The Kier molecular flexibility index (Phi) is 6.36. The van der Waals surface area contributed by atoms with Crippen molar-refractivity contribution in [3.8, 4) is 57.2 Å². The van der Waals surface area contributed by atoms with Crippen molar-refractivity contribution in [3.05, 3.63) is 42.0 Å². The molecule has 0 aliphatic carbocycles. The normalized spacial score (nSPS) is 10.2. The monoisotopic (exact) mass is 421 g/mol. The second-order valence-corrected chi connectivity index (χ2v) is 6.40. The average Bonchev–Trinajstić information content (AvgIpc) is 2.81. The molecule has 0 bridgehead atoms. The molecule has 0 aliphatic heterocycles. The Balaban J connectivity index is 2.34. The fourth-order valence-corrected chi connectivity index (χ4v) is 3.29. The van der Waals surface area contributed by atoms with Crippen LogP contribution in [-0.4, -0.2) is 40.5 Å². The van der Waals surface area contributed by atoms with Crippen molar-refractivity contribution in [3.63, 3.8) is 0 Å². The summed E-state index contributed by atoms with van der Waals surface area (Å²) in [6.07, 6.45) is 0. The average molecular weight is 421 g/mol. The third-order valence-electron chi connectivity index (χ3n) is 4.84. The number of aromatic nitrogens is 1. The van der Waals surface area contributed by atoms with Crippen LogP contribution in [0.3, 0.4) is 0 Å². The smallest absolute Gasteiger partial charge is 0.164 e. The molecule has 8 heteroatoms. The molecule has 0 fully saturated rings. The van der Waals surface area contributed by atoms with Crippen LogP contribution in [0.15, 0.2) is 36.4 Å². The first-order valence-corrected chi connectivity index (χ1v) is 9.24. The summed E-state index contributed by atoms with van der Waals surface area (Å²) in [5.41, 5.74) is 8.72. The van der Waals surface area contributed by atoms with Gasteiger partial charge in [-0.15, -0.1) is 0 Å². The van der Waals surface area contributed by atoms with Gasteiger partial charge in [-0.25, -0.2) is 4.98 Å². The minimum absolute atomic E-state index is 0.0803. The third-order valence-corrected chi connectivity index (χ3v) is 4.84. The number of rotatable bonds is 7. The van der Waals surface area contributed by atoms with E-state index < -0.39 is 0 Å². The molecule has 1 aromatic heterocycles. The standard InChI is InChI=1S/C23H23N3O5/c1-27-13-6-7-19(28-2)16(8-13)18-9-14(17(12-24)23(25)26-18)15-10-21(30-4)22(31-5)11-20(15)29-3/h6-11H,1-5H3,(H2,25,26). The van der Waals surface area contributed by atoms with Gasteiger partial charge >= 0.3 is 0 Å². The van der Waals surface area contributed by atoms with Crippen molar-refractivity contribution in [1.82, 2.24) is 4.98 Å². The van der Waals surface area contributed by atoms with Gasteiger partial charge in [0.15, 0.2) is 11.5 Å². The zero-order valence-corrected chi connectivity index (χ0v) is 18.0. The van der Waals surface area contributed by atoms with Crippen LogP contribution in [0.5, 0.6) is 28.7 Å². The molecule has 31 heavy (non-hydrogen) atoms. The Labute approximate surface area is 180 Å². The van der Waals surface area contributed by atoms with Crippen LogP contribution in [0.1, 0.15) is 5.56 Å². The van der Waals surface area contributed by atoms with Crippen molar-refractivity contribution in [2.45, 2.75) is 0 Å². The number of anilines is 1. The highest BCUT2D eigenvalue weighted by Crippen LogP contribution is 2.43. The summed E-state index contributed by atoms with van der Waals surface area (Å²) in [6, 6.07) is 12.7. The fraction of sp³-hybridized carbons (Fsp3) is 0.217. The highest BCUT2D eigenvalue weighted by Gasteiger charge is 2.21. The van der Waals surface area contributed by atoms with Gasteiger partial charge in [-0.1, -0.05) is 0 Å². The number of methoxy groups -OCH3 is 5. The van der Waals surface area contributed by atoms with E-state index in [0.29, 0.717) is 51.1 Å². The molecule has 160 valence electrons. The lowest BCUT2D eigenvalue weighted by Crippen LogP contribution is -2.02. The molecular formula is C23H23N3O5. The summed E-state index contributed by atoms with van der Waals surface area (Å²) in [5.74, 6) is 2.77. The number of nitrogen functional groups attached to an aromatic ring is 1. The van der Waals surface area contributed by atoms with E-state index >= 15 is 0 Å². The van der Waals surface area contributed by atoms with Crippen LogP contribution >= 0.6 is 0 Å². The first-order chi connectivity index (χ1) is 15.0. The molecule has 2 N–H and O–H groups in total. The molecule has 0 spiro atoms. The van der Waals surface area contributed by atoms with Crippen molar-refractivity contribution < 1.29 is 23.7 Å². The first-order valence-electron chi connectivity index (χ1n) is 9.24. The van der Waals surface area contributed by atoms with Gasteiger partial charge < -0.3 is 29.4 Å². The lowest BCUT2D eigenvalue weighted by Gasteiger charge is -2.17. The summed E-state index contributed by atoms with van der Waals surface area (Å²) in [7, 11) is 7.75. The van der Waals surface area contributed by atoms with Crippen LogP contribution in [0.4, 0.5) is 5.82 Å². The molecular weight excluding hydrogens is 398 g/mol. The van der Waals surface area contributed by atoms with Gasteiger partial charge in [-0.2, -0.15) is 5.26 Å². The van der Waals surface area contributed by atoms with Gasteiger partial charge in [-0.3, -0.25) is 0 Å². The molecule has 2 aromatic carbocycles. The summed E-state index contributed by atoms with van der Waals surface area (Å²) in [4.78, 5) is 4.44. The zero-order chi connectivity index (χ0) is 22.5. The topological polar surface area (TPSA) is 109 Å². The maximum absolute atomic E-state index is 9.78. The Bertz CT molecular complexity index is 1150. The van der Waals surface area contributed by atoms with Gasteiger partial charge in [-0.05, 0) is 30.3 Å². The molecule has 8 nitrogen and oxygen atoms in total. The van der Waals surface area contributed by atoms with E-state index in [1.54, 1.807) is 50.6 Å². The lowest BCUT2D eigenvalue weighted by atomic mass is 9.96. The van der Waals surface area contributed by atoms with Crippen LogP contribution in [-0.2, 0) is 0 Å². The first kappa shape index (κ1) is 21.6. The van der Waals surface area contributed by atoms with Crippen LogP contribution in [0, 0.1) is 11.3 Å². The van der Waals surface area contributed by atoms with Gasteiger partial charge in [0.05, 0.1) is 41.2 Å². The van der Waals surface area contributed by atoms with Gasteiger partial charge in [0.2, 0.25) is 0 Å². The summed E-state index contributed by atoms with van der Waals surface area (Å²) in [6.45, 7) is 0. The van der Waals surface area contributed by atoms with Crippen LogP contribution in [0.2, 0.25) is 0 Å². The van der Waals surface area contributed by atoms with Crippen molar-refractivity contribution >= 4 is 5.82 Å². The number of ether oxygens (including phenoxy) is 5. The maximum atomic E-state index is 9.78. The van der Waals surface area contributed by atoms with E-state index in [-0.39, 0.29) is 11.4 Å². The molecule has 0 unspecified atom stereocenters. The summed E-state index contributed by atoms with van der Waals surface area (Å²) >= 11 is 0. The fourth-order valence-electron chi connectivity index (χ4n) is 3.29. The number of nitrogens with two attached hydrogens (primary N) is 1. The summed E-state index contributed by atoms with van der Waals surface area (Å²) < 4.78 is 27.2. The number of hydrogen-bond acceptors (Lipinski definition) is 8. The van der Waals surface area contributed by atoms with E-state index in [1.807, 2.05) is 0 Å². The van der Waals surface area contributed by atoms with Crippen molar-refractivity contribution in [2.24, 2.45) is 0 Å². The van der Waals surface area contributed by atoms with Gasteiger partial charge in [0.25, 0.3) is 0 Å². The molecule has 0 aliphatic rings. The molecule has 0 radical (unpaired) electrons. The SMILES string of the molecule is COc1ccc(OC)c(-c2cc(-c3cc(OC)c(OC)cc3OC)c(C#N)c(N)n2)c1. The second-order valence-electron chi connectivity index (χ2n) is 6.40. The summed E-state index contributed by atoms with van der Waals surface area (Å²) in [5, 5.41) is 9.78. The minimum atomic E-state index is 0.0803. The van der Waals surface area contributed by atoms with Crippen molar-refractivity contribution in [2.75, 3.05) is 41.3 Å². The zero-order valence-electron chi connectivity index (χ0n) is 18.0. The molecule has 0 atom stereocenters. The Morgan fingerprint density at radius 2 is 1.35 bits per heavy atom. The quantitative estimate of drug-likeness (QED) is 0.612. The minimum Gasteiger partial charge on any atom is -0.497 e. The van der Waals surface area contributed by atoms with E-state index in [9.17, 15) is 5.26 Å². The second kappa shape index (κ2) is 9.13. The largest absolute Gasteiger partial charge is 0.497 e. The van der Waals surface area contributed by atoms with Crippen molar-refractivity contribution in [1.29, 1.82) is 5.26 Å². The van der Waals surface area contributed by atoms with Gasteiger partial charge in [0.1, 0.15) is 34.7 Å². The predicted molar refractivity (Wildman–Crippen MR) is 117 cm³/mol. The van der Waals surface area contributed by atoms with E-state index in [1.165, 1.54) is 21.3 Å². The van der Waals surface area contributed by atoms with Crippen LogP contribution in [0.25, 0.3) is 22.4 Å². The Morgan fingerprint density at radius 3 is 1.94 bits per heavy atom. The molecule has 0 amide bonds. The van der Waals surface area contributed by atoms with E-state index in [4.69, 9.17) is 29.4 Å². The third kappa shape index (κ3) is 3.98. The van der Waals surface area contributed by atoms with E-state index in [2.05, 4.69) is 11.1 Å². The number of pyridine rings is 1. The molecule has 1 heterocycles. The molecule has 0 saturated carbocycles. The number of benzene rings is 2. The molecule has 0 saturated heterocycles. The van der Waals surface area contributed by atoms with Gasteiger partial charge in [0, 0.05) is 22.8 Å². The highest BCUT2D eigenvalue weighted by molar-refractivity contribution is 5.85. The molecule has 3 rings (SSSR count). The van der Waals surface area contributed by atoms with Crippen LogP contribution < -0.4 is 29.4 Å². The lowest BCUT2D eigenvalue weighted by molar-refractivity contribution is 0.349. The Hall–Kier alpha value is -4.12. The Morgan fingerprint density at radius 1 is 0.710 bits per heavy atom. The number of nitrogens with zero attached hydrogens (tertiary/aromatic N) is 2. The predicted octanol–water partition coefficient (Wildman–Crippen LogP) is 3.91. The highest BCUT2D eigenvalue weighted by atomic mass is 16.5. The van der Waals surface area contributed by atoms with E-state index in [0.717, 1.165) is 0 Å². The number of hydrogen-bond donors (Lipinski definition) is 1. The maximum Gasteiger partial charge on any atom is 0.164 e.